The highest BCUT2D eigenvalue weighted by molar-refractivity contribution is 9.10. The van der Waals surface area contributed by atoms with Crippen molar-refractivity contribution in [3.8, 4) is 0 Å². The lowest BCUT2D eigenvalue weighted by atomic mass is 9.48. The smallest absolute Gasteiger partial charge is 0.306 e. The number of nitrogens with one attached hydrogen (secondary N) is 1. The molecule has 0 heterocycles. The summed E-state index contributed by atoms with van der Waals surface area (Å²) in [6, 6.07) is 3.47. The summed E-state index contributed by atoms with van der Waals surface area (Å²) >= 11 is 3.93. The van der Waals surface area contributed by atoms with Gasteiger partial charge in [-0.15, -0.1) is 0 Å². The van der Waals surface area contributed by atoms with Gasteiger partial charge in [0, 0.05) is 22.5 Å². The number of nitrogens with zero attached hydrogens (tertiary/aromatic N) is 1. The highest BCUT2D eigenvalue weighted by Crippen LogP contribution is 2.65. The monoisotopic (exact) mass is 410 g/mol. The average Bonchev–Trinajstić information content (AvgIpc) is 2.45. The number of alkyl halides is 1. The summed E-state index contributed by atoms with van der Waals surface area (Å²) in [5.74, 6) is 0.352. The molecule has 5 nitrogen and oxygen atoms in total. The number of hydrogen-bond acceptors (Lipinski definition) is 3. The highest BCUT2D eigenvalue weighted by atomic mass is 79.9. The lowest BCUT2D eigenvalue weighted by molar-refractivity contribution is -0.387. The predicted molar refractivity (Wildman–Crippen MR) is 95.1 cm³/mol. The molecule has 4 aliphatic carbocycles. The standard InChI is InChI=1S/C18H20BrFN2O3/c19-18-7-11-3-12(8-18)6-17(5-11,10-18)9-16(23)21-13-1-2-14(20)15(4-13)22(24)25/h1-2,4,11-12H,3,5-10H2,(H,21,23). The van der Waals surface area contributed by atoms with Crippen molar-refractivity contribution >= 4 is 33.2 Å². The van der Waals surface area contributed by atoms with E-state index in [0.717, 1.165) is 31.4 Å². The molecule has 1 N–H and O–H groups in total. The zero-order valence-corrected chi connectivity index (χ0v) is 15.4. The van der Waals surface area contributed by atoms with E-state index in [9.17, 15) is 19.3 Å². The Hall–Kier alpha value is -1.50. The Morgan fingerprint density at radius 2 is 2.00 bits per heavy atom. The molecule has 0 saturated heterocycles. The fraction of sp³-hybridized carbons (Fsp3) is 0.611. The molecule has 1 aromatic rings. The maximum absolute atomic E-state index is 13.4. The first-order valence-corrected chi connectivity index (χ1v) is 9.48. The van der Waals surface area contributed by atoms with Gasteiger partial charge in [-0.3, -0.25) is 14.9 Å². The number of halogens is 2. The van der Waals surface area contributed by atoms with Crippen molar-refractivity contribution in [1.29, 1.82) is 0 Å². The van der Waals surface area contributed by atoms with Crippen molar-refractivity contribution in [1.82, 2.24) is 0 Å². The summed E-state index contributed by atoms with van der Waals surface area (Å²) < 4.78 is 13.6. The van der Waals surface area contributed by atoms with Crippen molar-refractivity contribution in [3.05, 3.63) is 34.1 Å². The predicted octanol–water partition coefficient (Wildman–Crippen LogP) is 4.80. The summed E-state index contributed by atoms with van der Waals surface area (Å²) in [7, 11) is 0. The van der Waals surface area contributed by atoms with Gasteiger partial charge in [0.25, 0.3) is 0 Å². The number of hydrogen-bond donors (Lipinski definition) is 1. The van der Waals surface area contributed by atoms with Crippen LogP contribution in [0, 0.1) is 33.2 Å². The van der Waals surface area contributed by atoms with E-state index in [-0.39, 0.29) is 21.3 Å². The van der Waals surface area contributed by atoms with E-state index in [0.29, 0.717) is 18.3 Å². The van der Waals surface area contributed by atoms with Gasteiger partial charge in [0.1, 0.15) is 0 Å². The summed E-state index contributed by atoms with van der Waals surface area (Å²) in [5.41, 5.74) is -0.313. The Morgan fingerprint density at radius 1 is 1.32 bits per heavy atom. The first-order valence-electron chi connectivity index (χ1n) is 8.69. The largest absolute Gasteiger partial charge is 0.326 e. The van der Waals surface area contributed by atoms with Crippen LogP contribution in [-0.4, -0.2) is 15.2 Å². The Balaban J connectivity index is 1.48. The number of carbonyl (C=O) groups excluding carboxylic acids is 1. The van der Waals surface area contributed by atoms with Gasteiger partial charge in [0.2, 0.25) is 11.7 Å². The molecular formula is C18H20BrFN2O3. The molecule has 1 aromatic carbocycles. The van der Waals surface area contributed by atoms with E-state index in [2.05, 4.69) is 21.2 Å². The third-order valence-electron chi connectivity index (χ3n) is 6.07. The van der Waals surface area contributed by atoms with Crippen LogP contribution in [0.1, 0.15) is 44.9 Å². The fourth-order valence-corrected chi connectivity index (χ4v) is 7.33. The Labute approximate surface area is 153 Å². The normalized spacial score (nSPS) is 35.6. The third-order valence-corrected chi connectivity index (χ3v) is 7.00. The van der Waals surface area contributed by atoms with E-state index >= 15 is 0 Å². The molecule has 0 aliphatic heterocycles. The number of nitro groups is 1. The number of amides is 1. The van der Waals surface area contributed by atoms with Gasteiger partial charge in [0.15, 0.2) is 0 Å². The van der Waals surface area contributed by atoms with E-state index in [1.807, 2.05) is 0 Å². The van der Waals surface area contributed by atoms with Crippen LogP contribution in [0.2, 0.25) is 0 Å². The van der Waals surface area contributed by atoms with E-state index in [1.165, 1.54) is 25.3 Å². The number of rotatable bonds is 4. The van der Waals surface area contributed by atoms with Crippen LogP contribution in [0.3, 0.4) is 0 Å². The van der Waals surface area contributed by atoms with Crippen molar-refractivity contribution in [2.24, 2.45) is 17.3 Å². The molecule has 0 aromatic heterocycles. The Bertz CT molecular complexity index is 740. The molecule has 134 valence electrons. The van der Waals surface area contributed by atoms with Gasteiger partial charge in [-0.05, 0) is 67.9 Å². The molecule has 0 spiro atoms. The molecule has 0 radical (unpaired) electrons. The average molecular weight is 411 g/mol. The van der Waals surface area contributed by atoms with Crippen molar-refractivity contribution < 1.29 is 14.1 Å². The minimum atomic E-state index is -0.898. The molecule has 4 aliphatic rings. The van der Waals surface area contributed by atoms with Crippen LogP contribution in [-0.2, 0) is 4.79 Å². The first kappa shape index (κ1) is 16.9. The number of carbonyl (C=O) groups is 1. The zero-order valence-electron chi connectivity index (χ0n) is 13.8. The van der Waals surface area contributed by atoms with Crippen LogP contribution < -0.4 is 5.32 Å². The van der Waals surface area contributed by atoms with E-state index in [4.69, 9.17) is 0 Å². The van der Waals surface area contributed by atoms with Crippen LogP contribution >= 0.6 is 15.9 Å². The summed E-state index contributed by atoms with van der Waals surface area (Å²) in [4.78, 5) is 22.6. The third kappa shape index (κ3) is 3.18. The minimum Gasteiger partial charge on any atom is -0.326 e. The maximum atomic E-state index is 13.4. The van der Waals surface area contributed by atoms with Crippen molar-refractivity contribution in [2.45, 2.75) is 49.3 Å². The molecule has 5 rings (SSSR count). The molecule has 4 bridgehead atoms. The SMILES string of the molecule is O=C(CC12CC3CC(CC(Br)(C3)C1)C2)Nc1ccc(F)c([N+](=O)[O-])c1. The lowest BCUT2D eigenvalue weighted by Crippen LogP contribution is -2.53. The molecule has 2 unspecified atom stereocenters. The minimum absolute atomic E-state index is 0.0314. The second kappa shape index (κ2) is 5.76. The topological polar surface area (TPSA) is 72.2 Å². The van der Waals surface area contributed by atoms with Crippen molar-refractivity contribution in [3.63, 3.8) is 0 Å². The van der Waals surface area contributed by atoms with Crippen LogP contribution in [0.5, 0.6) is 0 Å². The van der Waals surface area contributed by atoms with Gasteiger partial charge in [0.05, 0.1) is 4.92 Å². The second-order valence-corrected chi connectivity index (χ2v) is 9.94. The van der Waals surface area contributed by atoms with Gasteiger partial charge >= 0.3 is 5.69 Å². The Morgan fingerprint density at radius 3 is 2.60 bits per heavy atom. The summed E-state index contributed by atoms with van der Waals surface area (Å²) in [5, 5.41) is 13.6. The Kier molecular flexibility index (Phi) is 3.90. The maximum Gasteiger partial charge on any atom is 0.306 e. The molecule has 1 amide bonds. The van der Waals surface area contributed by atoms with Crippen LogP contribution in [0.15, 0.2) is 18.2 Å². The number of benzene rings is 1. The van der Waals surface area contributed by atoms with E-state index < -0.39 is 16.4 Å². The van der Waals surface area contributed by atoms with E-state index in [1.54, 1.807) is 0 Å². The molecule has 25 heavy (non-hydrogen) atoms. The zero-order chi connectivity index (χ0) is 17.8. The highest BCUT2D eigenvalue weighted by Gasteiger charge is 2.57. The summed E-state index contributed by atoms with van der Waals surface area (Å²) in [6.07, 6.45) is 7.32. The van der Waals surface area contributed by atoms with Gasteiger partial charge in [-0.2, -0.15) is 4.39 Å². The molecule has 7 heteroatoms. The van der Waals surface area contributed by atoms with Crippen molar-refractivity contribution in [2.75, 3.05) is 5.32 Å². The molecule has 2 atom stereocenters. The quantitative estimate of drug-likeness (QED) is 0.440. The van der Waals surface area contributed by atoms with Gasteiger partial charge in [-0.25, -0.2) is 0 Å². The van der Waals surface area contributed by atoms with Crippen LogP contribution in [0.4, 0.5) is 15.8 Å². The fourth-order valence-electron chi connectivity index (χ4n) is 5.82. The van der Waals surface area contributed by atoms with Crippen LogP contribution in [0.25, 0.3) is 0 Å². The first-order chi connectivity index (χ1) is 11.8. The number of nitro benzene ring substituents is 1. The molecular weight excluding hydrogens is 391 g/mol. The lowest BCUT2D eigenvalue weighted by Gasteiger charge is -2.60. The second-order valence-electron chi connectivity index (χ2n) is 8.26. The van der Waals surface area contributed by atoms with Gasteiger partial charge in [-0.1, -0.05) is 15.9 Å². The molecule has 4 fully saturated rings. The molecule has 4 saturated carbocycles. The summed E-state index contributed by atoms with van der Waals surface area (Å²) in [6.45, 7) is 0. The van der Waals surface area contributed by atoms with Gasteiger partial charge < -0.3 is 5.32 Å². The number of anilines is 1.